The lowest BCUT2D eigenvalue weighted by molar-refractivity contribution is 0.497. The molecule has 0 radical (unpaired) electrons. The van der Waals surface area contributed by atoms with Crippen LogP contribution in [0.15, 0.2) is 70.2 Å². The Morgan fingerprint density at radius 3 is 2.48 bits per heavy atom. The summed E-state index contributed by atoms with van der Waals surface area (Å²) in [5, 5.41) is 6.50. The molecule has 142 valence electrons. The number of aryl methyl sites for hydroxylation is 1. The van der Waals surface area contributed by atoms with E-state index in [1.54, 1.807) is 6.20 Å². The summed E-state index contributed by atoms with van der Waals surface area (Å²) in [6.07, 6.45) is 1.76. The third kappa shape index (κ3) is 6.39. The third-order valence-electron chi connectivity index (χ3n) is 3.90. The molecule has 0 aliphatic heterocycles. The van der Waals surface area contributed by atoms with Gasteiger partial charge in [-0.3, -0.25) is 0 Å². The standard InChI is InChI=1S/C21H24N4O.HI/c1-3-22-21(24-13-17-7-5-4-6-8-17)25-15-20-23-14-19(26-20)18-11-9-16(2)10-12-18;/h4-12,14H,3,13,15H2,1-2H3,(H2,22,24,25);1H. The maximum atomic E-state index is 5.84. The molecule has 6 heteroatoms. The van der Waals surface area contributed by atoms with Gasteiger partial charge in [0, 0.05) is 12.1 Å². The SMILES string of the molecule is CCNC(=NCc1ccccc1)NCc1ncc(-c2ccc(C)cc2)o1.I. The molecule has 1 heterocycles. The van der Waals surface area contributed by atoms with E-state index in [4.69, 9.17) is 4.42 Å². The molecular weight excluding hydrogens is 451 g/mol. The Labute approximate surface area is 177 Å². The van der Waals surface area contributed by atoms with Crippen LogP contribution in [0.3, 0.4) is 0 Å². The van der Waals surface area contributed by atoms with Crippen LogP contribution in [-0.4, -0.2) is 17.5 Å². The number of oxazole rings is 1. The number of nitrogens with zero attached hydrogens (tertiary/aromatic N) is 2. The highest BCUT2D eigenvalue weighted by atomic mass is 127. The van der Waals surface area contributed by atoms with Crippen molar-refractivity contribution in [2.75, 3.05) is 6.54 Å². The van der Waals surface area contributed by atoms with Gasteiger partial charge >= 0.3 is 0 Å². The van der Waals surface area contributed by atoms with Crippen molar-refractivity contribution in [1.82, 2.24) is 15.6 Å². The minimum absolute atomic E-state index is 0. The van der Waals surface area contributed by atoms with E-state index >= 15 is 0 Å². The van der Waals surface area contributed by atoms with Gasteiger partial charge in [0.15, 0.2) is 11.7 Å². The second-order valence-electron chi connectivity index (χ2n) is 6.02. The number of hydrogen-bond donors (Lipinski definition) is 2. The maximum absolute atomic E-state index is 5.84. The minimum atomic E-state index is 0. The Hall–Kier alpha value is -2.35. The average molecular weight is 476 g/mol. The summed E-state index contributed by atoms with van der Waals surface area (Å²) in [5.41, 5.74) is 3.42. The molecule has 0 spiro atoms. The quantitative estimate of drug-likeness (QED) is 0.312. The van der Waals surface area contributed by atoms with Crippen LogP contribution in [0, 0.1) is 6.92 Å². The molecule has 0 unspecified atom stereocenters. The van der Waals surface area contributed by atoms with E-state index in [1.807, 2.05) is 37.3 Å². The van der Waals surface area contributed by atoms with Crippen LogP contribution in [0.4, 0.5) is 0 Å². The lowest BCUT2D eigenvalue weighted by atomic mass is 10.1. The molecule has 2 N–H and O–H groups in total. The van der Waals surface area contributed by atoms with E-state index in [-0.39, 0.29) is 24.0 Å². The molecule has 5 nitrogen and oxygen atoms in total. The molecule has 1 aromatic heterocycles. The minimum Gasteiger partial charge on any atom is -0.439 e. The van der Waals surface area contributed by atoms with Crippen molar-refractivity contribution < 1.29 is 4.42 Å². The zero-order chi connectivity index (χ0) is 18.2. The first-order valence-corrected chi connectivity index (χ1v) is 8.82. The zero-order valence-corrected chi connectivity index (χ0v) is 17.9. The molecule has 0 aliphatic carbocycles. The Morgan fingerprint density at radius 1 is 1.04 bits per heavy atom. The number of rotatable bonds is 6. The van der Waals surface area contributed by atoms with Crippen molar-refractivity contribution >= 4 is 29.9 Å². The van der Waals surface area contributed by atoms with Gasteiger partial charge in [0.2, 0.25) is 5.89 Å². The molecule has 0 saturated heterocycles. The fourth-order valence-corrected chi connectivity index (χ4v) is 2.50. The molecule has 0 saturated carbocycles. The number of guanidine groups is 1. The molecular formula is C21H25IN4O. The largest absolute Gasteiger partial charge is 0.439 e. The zero-order valence-electron chi connectivity index (χ0n) is 15.6. The van der Waals surface area contributed by atoms with Crippen molar-refractivity contribution in [2.45, 2.75) is 26.9 Å². The summed E-state index contributed by atoms with van der Waals surface area (Å²) in [7, 11) is 0. The first-order chi connectivity index (χ1) is 12.7. The predicted molar refractivity (Wildman–Crippen MR) is 120 cm³/mol. The molecule has 0 aliphatic rings. The monoisotopic (exact) mass is 476 g/mol. The molecule has 0 fully saturated rings. The van der Waals surface area contributed by atoms with Crippen molar-refractivity contribution in [3.8, 4) is 11.3 Å². The van der Waals surface area contributed by atoms with Crippen LogP contribution in [0.25, 0.3) is 11.3 Å². The fraction of sp³-hybridized carbons (Fsp3) is 0.238. The van der Waals surface area contributed by atoms with E-state index in [0.29, 0.717) is 19.0 Å². The predicted octanol–water partition coefficient (Wildman–Crippen LogP) is 4.52. The number of aromatic nitrogens is 1. The van der Waals surface area contributed by atoms with Gasteiger partial charge in [-0.1, -0.05) is 60.2 Å². The van der Waals surface area contributed by atoms with Crippen LogP contribution in [0.5, 0.6) is 0 Å². The molecule has 2 aromatic carbocycles. The topological polar surface area (TPSA) is 62.5 Å². The Balaban J connectivity index is 0.00000261. The first kappa shape index (κ1) is 21.0. The van der Waals surface area contributed by atoms with Gasteiger partial charge in [-0.15, -0.1) is 24.0 Å². The van der Waals surface area contributed by atoms with E-state index in [9.17, 15) is 0 Å². The molecule has 0 bridgehead atoms. The molecule has 0 atom stereocenters. The average Bonchev–Trinajstić information content (AvgIpc) is 3.14. The Morgan fingerprint density at radius 2 is 1.78 bits per heavy atom. The van der Waals surface area contributed by atoms with Crippen LogP contribution >= 0.6 is 24.0 Å². The Kier molecular flexibility index (Phi) is 8.32. The lowest BCUT2D eigenvalue weighted by Crippen LogP contribution is -2.36. The summed E-state index contributed by atoms with van der Waals surface area (Å²) in [5.74, 6) is 2.14. The van der Waals surface area contributed by atoms with Crippen molar-refractivity contribution in [3.63, 3.8) is 0 Å². The van der Waals surface area contributed by atoms with Crippen LogP contribution < -0.4 is 10.6 Å². The molecule has 0 amide bonds. The van der Waals surface area contributed by atoms with Gasteiger partial charge in [-0.25, -0.2) is 9.98 Å². The van der Waals surface area contributed by atoms with Crippen LogP contribution in [0.2, 0.25) is 0 Å². The summed E-state index contributed by atoms with van der Waals surface area (Å²) in [4.78, 5) is 8.95. The highest BCUT2D eigenvalue weighted by molar-refractivity contribution is 14.0. The molecule has 27 heavy (non-hydrogen) atoms. The molecule has 3 rings (SSSR count). The van der Waals surface area contributed by atoms with Gasteiger partial charge in [0.1, 0.15) is 0 Å². The normalized spacial score (nSPS) is 11.0. The summed E-state index contributed by atoms with van der Waals surface area (Å²) < 4.78 is 5.84. The van der Waals surface area contributed by atoms with Crippen molar-refractivity contribution in [1.29, 1.82) is 0 Å². The van der Waals surface area contributed by atoms with Gasteiger partial charge in [0.05, 0.1) is 19.3 Å². The van der Waals surface area contributed by atoms with Crippen LogP contribution in [-0.2, 0) is 13.1 Å². The highest BCUT2D eigenvalue weighted by Crippen LogP contribution is 2.20. The number of hydrogen-bond acceptors (Lipinski definition) is 3. The number of halogens is 1. The second kappa shape index (κ2) is 10.7. The second-order valence-corrected chi connectivity index (χ2v) is 6.02. The number of benzene rings is 2. The number of nitrogens with one attached hydrogen (secondary N) is 2. The summed E-state index contributed by atoms with van der Waals surface area (Å²) in [6, 6.07) is 18.4. The van der Waals surface area contributed by atoms with E-state index in [1.165, 1.54) is 11.1 Å². The van der Waals surface area contributed by atoms with Crippen molar-refractivity contribution in [2.24, 2.45) is 4.99 Å². The molecule has 3 aromatic rings. The van der Waals surface area contributed by atoms with E-state index < -0.39 is 0 Å². The smallest absolute Gasteiger partial charge is 0.214 e. The Bertz CT molecular complexity index is 844. The fourth-order valence-electron chi connectivity index (χ4n) is 2.50. The number of aliphatic imine (C=N–C) groups is 1. The summed E-state index contributed by atoms with van der Waals surface area (Å²) >= 11 is 0. The lowest BCUT2D eigenvalue weighted by Gasteiger charge is -2.09. The highest BCUT2D eigenvalue weighted by Gasteiger charge is 2.07. The maximum Gasteiger partial charge on any atom is 0.214 e. The van der Waals surface area contributed by atoms with Crippen LogP contribution in [0.1, 0.15) is 23.9 Å². The van der Waals surface area contributed by atoms with Gasteiger partial charge in [0.25, 0.3) is 0 Å². The van der Waals surface area contributed by atoms with Gasteiger partial charge in [-0.2, -0.15) is 0 Å². The first-order valence-electron chi connectivity index (χ1n) is 8.82. The van der Waals surface area contributed by atoms with Gasteiger partial charge in [-0.05, 0) is 19.4 Å². The van der Waals surface area contributed by atoms with Gasteiger partial charge < -0.3 is 15.1 Å². The van der Waals surface area contributed by atoms with E-state index in [2.05, 4.69) is 51.8 Å². The summed E-state index contributed by atoms with van der Waals surface area (Å²) in [6.45, 7) is 6.00. The van der Waals surface area contributed by atoms with Crippen molar-refractivity contribution in [3.05, 3.63) is 77.8 Å². The van der Waals surface area contributed by atoms with E-state index in [0.717, 1.165) is 23.8 Å². The third-order valence-corrected chi connectivity index (χ3v) is 3.90.